The number of rotatable bonds is 2. The van der Waals surface area contributed by atoms with E-state index in [1.165, 1.54) is 0 Å². The van der Waals surface area contributed by atoms with E-state index >= 15 is 0 Å². The second-order valence-corrected chi connectivity index (χ2v) is 4.00. The predicted molar refractivity (Wildman–Crippen MR) is 58.9 cm³/mol. The molecule has 0 bridgehead atoms. The lowest BCUT2D eigenvalue weighted by atomic mass is 10.2. The first-order valence-electron chi connectivity index (χ1n) is 5.20. The summed E-state index contributed by atoms with van der Waals surface area (Å²) in [5.74, 6) is 0.210. The molecule has 1 aliphatic rings. The maximum Gasteiger partial charge on any atom is 0.442 e. The van der Waals surface area contributed by atoms with E-state index in [1.807, 2.05) is 12.1 Å². The van der Waals surface area contributed by atoms with Crippen LogP contribution in [0.2, 0.25) is 0 Å². The maximum absolute atomic E-state index is 11.5. The Labute approximate surface area is 91.5 Å². The molecule has 1 heterocycles. The van der Waals surface area contributed by atoms with Gasteiger partial charge < -0.3 is 5.73 Å². The van der Waals surface area contributed by atoms with Crippen LogP contribution in [0.4, 0.5) is 5.69 Å². The van der Waals surface area contributed by atoms with Gasteiger partial charge in [-0.3, -0.25) is 9.09 Å². The van der Waals surface area contributed by atoms with Crippen molar-refractivity contribution >= 4 is 5.69 Å². The molecule has 2 aromatic rings. The Morgan fingerprint density at radius 3 is 2.62 bits per heavy atom. The fraction of sp³-hybridized carbons (Fsp3) is 0.273. The van der Waals surface area contributed by atoms with Crippen molar-refractivity contribution in [1.82, 2.24) is 9.72 Å². The summed E-state index contributed by atoms with van der Waals surface area (Å²) in [4.78, 5) is 11.5. The summed E-state index contributed by atoms with van der Waals surface area (Å²) >= 11 is 0. The molecular weight excluding hydrogens is 206 g/mol. The number of hydrogen-bond donors (Lipinski definition) is 1. The standard InChI is InChI=1S/C11H11N3O2/c12-8-3-1-7(2-4-8)10-13-16-11(15)14(10)9-5-6-9/h1-4,9H,5-6,12H2. The van der Waals surface area contributed by atoms with E-state index in [9.17, 15) is 4.79 Å². The molecule has 5 nitrogen and oxygen atoms in total. The Morgan fingerprint density at radius 2 is 2.00 bits per heavy atom. The Hall–Kier alpha value is -2.04. The van der Waals surface area contributed by atoms with Crippen molar-refractivity contribution in [1.29, 1.82) is 0 Å². The Bertz CT molecular complexity index is 564. The van der Waals surface area contributed by atoms with Crippen molar-refractivity contribution in [3.05, 3.63) is 34.8 Å². The Kier molecular flexibility index (Phi) is 1.86. The molecule has 0 amide bonds. The van der Waals surface area contributed by atoms with Gasteiger partial charge in [-0.05, 0) is 37.1 Å². The van der Waals surface area contributed by atoms with Crippen molar-refractivity contribution in [2.45, 2.75) is 18.9 Å². The summed E-state index contributed by atoms with van der Waals surface area (Å²) < 4.78 is 6.32. The minimum absolute atomic E-state index is 0.256. The van der Waals surface area contributed by atoms with Crippen molar-refractivity contribution < 1.29 is 4.52 Å². The topological polar surface area (TPSA) is 74.1 Å². The quantitative estimate of drug-likeness (QED) is 0.772. The third-order valence-electron chi connectivity index (χ3n) is 2.72. The molecule has 0 aliphatic heterocycles. The van der Waals surface area contributed by atoms with E-state index in [0.29, 0.717) is 11.5 Å². The summed E-state index contributed by atoms with van der Waals surface area (Å²) in [5, 5.41) is 3.81. The summed E-state index contributed by atoms with van der Waals surface area (Å²) in [7, 11) is 0. The third-order valence-corrected chi connectivity index (χ3v) is 2.72. The molecule has 1 saturated carbocycles. The number of hydrogen-bond acceptors (Lipinski definition) is 4. The van der Waals surface area contributed by atoms with Gasteiger partial charge in [-0.25, -0.2) is 4.79 Å². The highest BCUT2D eigenvalue weighted by molar-refractivity contribution is 5.58. The minimum Gasteiger partial charge on any atom is -0.399 e. The summed E-state index contributed by atoms with van der Waals surface area (Å²) in [6.45, 7) is 0. The number of benzene rings is 1. The monoisotopic (exact) mass is 217 g/mol. The first-order chi connectivity index (χ1) is 7.75. The minimum atomic E-state index is -0.380. The van der Waals surface area contributed by atoms with E-state index < -0.39 is 0 Å². The molecule has 0 saturated heterocycles. The van der Waals surface area contributed by atoms with Crippen LogP contribution in [0.3, 0.4) is 0 Å². The van der Waals surface area contributed by atoms with Crippen LogP contribution >= 0.6 is 0 Å². The smallest absolute Gasteiger partial charge is 0.399 e. The highest BCUT2D eigenvalue weighted by atomic mass is 16.5. The molecule has 16 heavy (non-hydrogen) atoms. The first-order valence-corrected chi connectivity index (χ1v) is 5.20. The Balaban J connectivity index is 2.12. The molecule has 0 spiro atoms. The average molecular weight is 217 g/mol. The highest BCUT2D eigenvalue weighted by Crippen LogP contribution is 2.36. The average Bonchev–Trinajstić information content (AvgIpc) is 3.04. The van der Waals surface area contributed by atoms with E-state index in [0.717, 1.165) is 18.4 Å². The van der Waals surface area contributed by atoms with Crippen molar-refractivity contribution in [2.75, 3.05) is 5.73 Å². The second kappa shape index (κ2) is 3.23. The van der Waals surface area contributed by atoms with Gasteiger partial charge in [-0.1, -0.05) is 5.16 Å². The van der Waals surface area contributed by atoms with Crippen molar-refractivity contribution in [2.24, 2.45) is 0 Å². The number of nitrogens with two attached hydrogens (primary N) is 1. The zero-order valence-corrected chi connectivity index (χ0v) is 8.59. The van der Waals surface area contributed by atoms with Gasteiger partial charge in [0.2, 0.25) is 0 Å². The van der Waals surface area contributed by atoms with Crippen LogP contribution in [0.5, 0.6) is 0 Å². The molecule has 2 N–H and O–H groups in total. The Morgan fingerprint density at radius 1 is 1.31 bits per heavy atom. The number of nitrogen functional groups attached to an aromatic ring is 1. The lowest BCUT2D eigenvalue weighted by Crippen LogP contribution is -2.13. The molecule has 1 aromatic carbocycles. The van der Waals surface area contributed by atoms with Gasteiger partial charge in [0.1, 0.15) is 0 Å². The van der Waals surface area contributed by atoms with Crippen molar-refractivity contribution in [3.8, 4) is 11.4 Å². The summed E-state index contributed by atoms with van der Waals surface area (Å²) in [6, 6.07) is 7.50. The molecule has 5 heteroatoms. The largest absolute Gasteiger partial charge is 0.442 e. The molecule has 1 fully saturated rings. The van der Waals surface area contributed by atoms with Gasteiger partial charge in [0, 0.05) is 17.3 Å². The van der Waals surface area contributed by atoms with Gasteiger partial charge in [-0.2, -0.15) is 0 Å². The highest BCUT2D eigenvalue weighted by Gasteiger charge is 2.29. The molecule has 0 radical (unpaired) electrons. The van der Waals surface area contributed by atoms with E-state index in [-0.39, 0.29) is 11.8 Å². The third kappa shape index (κ3) is 1.41. The van der Waals surface area contributed by atoms with Crippen LogP contribution in [-0.4, -0.2) is 9.72 Å². The molecule has 0 atom stereocenters. The fourth-order valence-corrected chi connectivity index (χ4v) is 1.74. The SMILES string of the molecule is Nc1ccc(-c2noc(=O)n2C2CC2)cc1. The first kappa shape index (κ1) is 9.21. The molecule has 1 aliphatic carbocycles. The zero-order chi connectivity index (χ0) is 11.1. The van der Waals surface area contributed by atoms with Gasteiger partial charge in [-0.15, -0.1) is 0 Å². The van der Waals surface area contributed by atoms with Crippen LogP contribution in [-0.2, 0) is 0 Å². The van der Waals surface area contributed by atoms with Gasteiger partial charge in [0.25, 0.3) is 0 Å². The second-order valence-electron chi connectivity index (χ2n) is 4.00. The maximum atomic E-state index is 11.5. The van der Waals surface area contributed by atoms with Crippen molar-refractivity contribution in [3.63, 3.8) is 0 Å². The number of anilines is 1. The zero-order valence-electron chi connectivity index (χ0n) is 8.59. The van der Waals surface area contributed by atoms with E-state index in [2.05, 4.69) is 5.16 Å². The van der Waals surface area contributed by atoms with Crippen LogP contribution in [0.25, 0.3) is 11.4 Å². The molecule has 1 aromatic heterocycles. The van der Waals surface area contributed by atoms with Crippen LogP contribution < -0.4 is 11.5 Å². The van der Waals surface area contributed by atoms with Gasteiger partial charge in [0.15, 0.2) is 5.82 Å². The molecule has 0 unspecified atom stereocenters. The normalized spacial score (nSPS) is 15.2. The lowest BCUT2D eigenvalue weighted by Gasteiger charge is -2.02. The number of aromatic nitrogens is 2. The summed E-state index contributed by atoms with van der Waals surface area (Å²) in [5.41, 5.74) is 7.15. The predicted octanol–water partition coefficient (Wildman–Crippen LogP) is 1.42. The van der Waals surface area contributed by atoms with Gasteiger partial charge >= 0.3 is 5.76 Å². The van der Waals surface area contributed by atoms with Crippen LogP contribution in [0.1, 0.15) is 18.9 Å². The molecule has 3 rings (SSSR count). The van der Waals surface area contributed by atoms with Gasteiger partial charge in [0.05, 0.1) is 0 Å². The fourth-order valence-electron chi connectivity index (χ4n) is 1.74. The van der Waals surface area contributed by atoms with Crippen LogP contribution in [0, 0.1) is 0 Å². The lowest BCUT2D eigenvalue weighted by molar-refractivity contribution is 0.376. The molecular formula is C11H11N3O2. The number of nitrogens with zero attached hydrogens (tertiary/aromatic N) is 2. The van der Waals surface area contributed by atoms with Crippen LogP contribution in [0.15, 0.2) is 33.6 Å². The van der Waals surface area contributed by atoms with E-state index in [1.54, 1.807) is 16.7 Å². The molecule has 82 valence electrons. The van der Waals surface area contributed by atoms with E-state index in [4.69, 9.17) is 10.3 Å². The summed E-state index contributed by atoms with van der Waals surface area (Å²) in [6.07, 6.45) is 2.03.